The number of fused-ring (bicyclic) bond motifs is 1. The molecule has 1 heterocycles. The van der Waals surface area contributed by atoms with Gasteiger partial charge in [-0.15, -0.1) is 0 Å². The van der Waals surface area contributed by atoms with Gasteiger partial charge in [-0.3, -0.25) is 4.79 Å². The van der Waals surface area contributed by atoms with Crippen molar-refractivity contribution in [3.05, 3.63) is 30.0 Å². The zero-order valence-corrected chi connectivity index (χ0v) is 10.4. The minimum atomic E-state index is -0.998. The molecule has 1 unspecified atom stereocenters. The Labute approximate surface area is 105 Å². The Balaban J connectivity index is 2.54. The average Bonchev–Trinajstić information content (AvgIpc) is 2.66. The third-order valence-electron chi connectivity index (χ3n) is 3.03. The van der Waals surface area contributed by atoms with Gasteiger partial charge in [-0.05, 0) is 17.7 Å². The van der Waals surface area contributed by atoms with Crippen LogP contribution in [0.4, 0.5) is 0 Å². The van der Waals surface area contributed by atoms with Crippen molar-refractivity contribution >= 4 is 16.9 Å². The third-order valence-corrected chi connectivity index (χ3v) is 3.03. The van der Waals surface area contributed by atoms with Crippen molar-refractivity contribution in [1.29, 1.82) is 0 Å². The third kappa shape index (κ3) is 2.04. The maximum Gasteiger partial charge on any atom is 0.320 e. The first-order valence-electron chi connectivity index (χ1n) is 5.64. The number of carboxylic acids is 1. The van der Waals surface area contributed by atoms with Crippen LogP contribution in [0.1, 0.15) is 5.56 Å². The number of carboxylic acid groups (broad SMARTS) is 1. The van der Waals surface area contributed by atoms with Gasteiger partial charge in [0.25, 0.3) is 0 Å². The Morgan fingerprint density at radius 3 is 2.89 bits per heavy atom. The van der Waals surface area contributed by atoms with Gasteiger partial charge in [0.2, 0.25) is 0 Å². The number of nitrogens with zero attached hydrogens (tertiary/aromatic N) is 1. The molecule has 0 aliphatic carbocycles. The van der Waals surface area contributed by atoms with Gasteiger partial charge in [-0.1, -0.05) is 6.07 Å². The van der Waals surface area contributed by atoms with Crippen molar-refractivity contribution in [3.63, 3.8) is 0 Å². The summed E-state index contributed by atoms with van der Waals surface area (Å²) >= 11 is 0. The van der Waals surface area contributed by atoms with Crippen molar-refractivity contribution in [1.82, 2.24) is 4.57 Å². The van der Waals surface area contributed by atoms with Crippen molar-refractivity contribution in [2.75, 3.05) is 7.11 Å². The van der Waals surface area contributed by atoms with Crippen LogP contribution >= 0.6 is 0 Å². The van der Waals surface area contributed by atoms with Crippen LogP contribution in [0.2, 0.25) is 0 Å². The van der Waals surface area contributed by atoms with Crippen molar-refractivity contribution < 1.29 is 14.6 Å². The van der Waals surface area contributed by atoms with Crippen LogP contribution in [0.25, 0.3) is 10.9 Å². The minimum absolute atomic E-state index is 0.285. The zero-order chi connectivity index (χ0) is 13.3. The lowest BCUT2D eigenvalue weighted by Crippen LogP contribution is -2.32. The molecule has 3 N–H and O–H groups in total. The summed E-state index contributed by atoms with van der Waals surface area (Å²) in [5, 5.41) is 9.82. The number of nitrogens with two attached hydrogens (primary N) is 1. The highest BCUT2D eigenvalue weighted by Crippen LogP contribution is 2.30. The molecule has 0 radical (unpaired) electrons. The quantitative estimate of drug-likeness (QED) is 0.850. The molecule has 0 saturated carbocycles. The van der Waals surface area contributed by atoms with Gasteiger partial charge >= 0.3 is 5.97 Å². The molecule has 96 valence electrons. The molecule has 0 bridgehead atoms. The van der Waals surface area contributed by atoms with Crippen LogP contribution in [0.5, 0.6) is 5.75 Å². The van der Waals surface area contributed by atoms with Crippen LogP contribution in [0, 0.1) is 0 Å². The van der Waals surface area contributed by atoms with Gasteiger partial charge in [-0.25, -0.2) is 0 Å². The maximum absolute atomic E-state index is 10.8. The summed E-state index contributed by atoms with van der Waals surface area (Å²) < 4.78 is 7.27. The second-order valence-corrected chi connectivity index (χ2v) is 4.27. The fourth-order valence-corrected chi connectivity index (χ4v) is 2.15. The molecule has 1 aromatic heterocycles. The van der Waals surface area contributed by atoms with E-state index in [0.717, 1.165) is 22.2 Å². The molecule has 5 heteroatoms. The molecule has 0 saturated heterocycles. The standard InChI is InChI=1S/C13H16N2O3/c1-15-7-8(6-9(14)13(16)17)12-10(15)4-3-5-11(12)18-2/h3-5,7,9H,6,14H2,1-2H3,(H,16,17). The van der Waals surface area contributed by atoms with Crippen LogP contribution in [-0.4, -0.2) is 28.8 Å². The van der Waals surface area contributed by atoms with Crippen LogP contribution in [-0.2, 0) is 18.3 Å². The summed E-state index contributed by atoms with van der Waals surface area (Å²) in [5.74, 6) is -0.261. The molecule has 2 rings (SSSR count). The number of ether oxygens (including phenoxy) is 1. The Morgan fingerprint density at radius 2 is 2.28 bits per heavy atom. The molecule has 0 amide bonds. The highest BCUT2D eigenvalue weighted by molar-refractivity contribution is 5.90. The Hall–Kier alpha value is -2.01. The average molecular weight is 248 g/mol. The molecule has 0 aliphatic heterocycles. The lowest BCUT2D eigenvalue weighted by Gasteiger charge is -2.07. The predicted octanol–water partition coefficient (Wildman–Crippen LogP) is 1.14. The van der Waals surface area contributed by atoms with E-state index in [1.807, 2.05) is 36.0 Å². The number of aromatic nitrogens is 1. The summed E-state index contributed by atoms with van der Waals surface area (Å²) in [6.07, 6.45) is 2.18. The van der Waals surface area contributed by atoms with Gasteiger partial charge < -0.3 is 20.1 Å². The first-order chi connectivity index (χ1) is 8.54. The smallest absolute Gasteiger partial charge is 0.320 e. The Bertz CT molecular complexity index is 589. The van der Waals surface area contributed by atoms with Crippen LogP contribution in [0.15, 0.2) is 24.4 Å². The Morgan fingerprint density at radius 1 is 1.56 bits per heavy atom. The van der Waals surface area contributed by atoms with E-state index in [2.05, 4.69) is 0 Å². The number of hydrogen-bond donors (Lipinski definition) is 2. The molecule has 0 aliphatic rings. The number of aryl methyl sites for hydroxylation is 1. The number of methoxy groups -OCH3 is 1. The van der Waals surface area contributed by atoms with Gasteiger partial charge in [-0.2, -0.15) is 0 Å². The van der Waals surface area contributed by atoms with Gasteiger partial charge in [0, 0.05) is 25.1 Å². The first-order valence-corrected chi connectivity index (χ1v) is 5.64. The molecule has 0 fully saturated rings. The summed E-state index contributed by atoms with van der Waals surface area (Å²) in [6.45, 7) is 0. The molecule has 18 heavy (non-hydrogen) atoms. The number of hydrogen-bond acceptors (Lipinski definition) is 3. The molecular weight excluding hydrogens is 232 g/mol. The molecular formula is C13H16N2O3. The van der Waals surface area contributed by atoms with Crippen molar-refractivity contribution in [2.24, 2.45) is 12.8 Å². The maximum atomic E-state index is 10.8. The summed E-state index contributed by atoms with van der Waals surface area (Å²) in [7, 11) is 3.51. The van der Waals surface area contributed by atoms with Gasteiger partial charge in [0.1, 0.15) is 11.8 Å². The highest BCUT2D eigenvalue weighted by atomic mass is 16.5. The normalized spacial score (nSPS) is 12.6. The van der Waals surface area contributed by atoms with E-state index in [0.29, 0.717) is 0 Å². The second-order valence-electron chi connectivity index (χ2n) is 4.27. The number of aliphatic carboxylic acids is 1. The fourth-order valence-electron chi connectivity index (χ4n) is 2.15. The summed E-state index contributed by atoms with van der Waals surface area (Å²) in [5.41, 5.74) is 7.48. The zero-order valence-electron chi connectivity index (χ0n) is 10.4. The predicted molar refractivity (Wildman–Crippen MR) is 68.8 cm³/mol. The molecule has 2 aromatic rings. The van der Waals surface area contributed by atoms with E-state index in [1.165, 1.54) is 0 Å². The van der Waals surface area contributed by atoms with E-state index in [-0.39, 0.29) is 6.42 Å². The lowest BCUT2D eigenvalue weighted by molar-refractivity contribution is -0.138. The van der Waals surface area contributed by atoms with E-state index in [1.54, 1.807) is 7.11 Å². The van der Waals surface area contributed by atoms with Crippen molar-refractivity contribution in [3.8, 4) is 5.75 Å². The molecule has 0 spiro atoms. The topological polar surface area (TPSA) is 77.5 Å². The van der Waals surface area contributed by atoms with Crippen LogP contribution in [0.3, 0.4) is 0 Å². The number of carbonyl (C=O) groups is 1. The van der Waals surface area contributed by atoms with Crippen LogP contribution < -0.4 is 10.5 Å². The minimum Gasteiger partial charge on any atom is -0.496 e. The molecule has 1 atom stereocenters. The SMILES string of the molecule is COc1cccc2c1c(CC(N)C(=O)O)cn2C. The Kier molecular flexibility index (Phi) is 3.25. The number of rotatable bonds is 4. The number of benzene rings is 1. The van der Waals surface area contributed by atoms with Crippen molar-refractivity contribution in [2.45, 2.75) is 12.5 Å². The monoisotopic (exact) mass is 248 g/mol. The van der Waals surface area contributed by atoms with E-state index in [4.69, 9.17) is 15.6 Å². The van der Waals surface area contributed by atoms with Gasteiger partial charge in [0.15, 0.2) is 0 Å². The molecule has 5 nitrogen and oxygen atoms in total. The van der Waals surface area contributed by atoms with E-state index < -0.39 is 12.0 Å². The largest absolute Gasteiger partial charge is 0.496 e. The van der Waals surface area contributed by atoms with E-state index >= 15 is 0 Å². The summed E-state index contributed by atoms with van der Waals surface area (Å²) in [6, 6.07) is 4.83. The second kappa shape index (κ2) is 4.70. The van der Waals surface area contributed by atoms with Gasteiger partial charge in [0.05, 0.1) is 12.6 Å². The fraction of sp³-hybridized carbons (Fsp3) is 0.308. The molecule has 1 aromatic carbocycles. The lowest BCUT2D eigenvalue weighted by atomic mass is 10.1. The first kappa shape index (κ1) is 12.4. The summed E-state index contributed by atoms with van der Waals surface area (Å²) in [4.78, 5) is 10.8. The highest BCUT2D eigenvalue weighted by Gasteiger charge is 2.17. The van der Waals surface area contributed by atoms with E-state index in [9.17, 15) is 4.79 Å².